The van der Waals surface area contributed by atoms with Crippen LogP contribution in [0.25, 0.3) is 0 Å². The van der Waals surface area contributed by atoms with Gasteiger partial charge in [0.15, 0.2) is 5.13 Å². The molecule has 3 aromatic rings. The SMILES string of the molecule is CCOc1ccc(/C=N\NC(=O)Cc2csc(Nc3cccc(C(F)(F)F)c3)n2)cc1Br. The fourth-order valence-corrected chi connectivity index (χ4v) is 3.84. The van der Waals surface area contributed by atoms with Gasteiger partial charge in [0.05, 0.1) is 35.0 Å². The molecule has 0 fully saturated rings. The molecular weight excluding hydrogens is 509 g/mol. The summed E-state index contributed by atoms with van der Waals surface area (Å²) in [4.78, 5) is 16.3. The highest BCUT2D eigenvalue weighted by molar-refractivity contribution is 9.10. The van der Waals surface area contributed by atoms with E-state index in [0.717, 1.165) is 22.2 Å². The van der Waals surface area contributed by atoms with E-state index in [0.29, 0.717) is 23.2 Å². The van der Waals surface area contributed by atoms with Crippen LogP contribution < -0.4 is 15.5 Å². The Morgan fingerprint density at radius 2 is 2.09 bits per heavy atom. The third-order valence-corrected chi connectivity index (χ3v) is 5.42. The van der Waals surface area contributed by atoms with E-state index < -0.39 is 11.7 Å². The number of benzene rings is 2. The minimum Gasteiger partial charge on any atom is -0.493 e. The smallest absolute Gasteiger partial charge is 0.416 e. The molecule has 0 unspecified atom stereocenters. The molecule has 0 aliphatic rings. The lowest BCUT2D eigenvalue weighted by Gasteiger charge is -2.08. The molecular formula is C21H18BrF3N4O2S. The van der Waals surface area contributed by atoms with Gasteiger partial charge in [0.2, 0.25) is 5.91 Å². The normalized spacial score (nSPS) is 11.5. The highest BCUT2D eigenvalue weighted by Crippen LogP contribution is 2.32. The molecule has 6 nitrogen and oxygen atoms in total. The van der Waals surface area contributed by atoms with E-state index >= 15 is 0 Å². The molecule has 0 bridgehead atoms. The highest BCUT2D eigenvalue weighted by atomic mass is 79.9. The summed E-state index contributed by atoms with van der Waals surface area (Å²) in [5, 5.41) is 8.79. The largest absolute Gasteiger partial charge is 0.493 e. The van der Waals surface area contributed by atoms with Crippen molar-refractivity contribution in [1.29, 1.82) is 0 Å². The van der Waals surface area contributed by atoms with Crippen molar-refractivity contribution in [2.45, 2.75) is 19.5 Å². The van der Waals surface area contributed by atoms with E-state index in [4.69, 9.17) is 4.74 Å². The second-order valence-corrected chi connectivity index (χ2v) is 8.15. The molecule has 1 aromatic heterocycles. The molecule has 2 N–H and O–H groups in total. The zero-order valence-corrected chi connectivity index (χ0v) is 19.1. The summed E-state index contributed by atoms with van der Waals surface area (Å²) in [6.45, 7) is 2.44. The Hall–Kier alpha value is -2.92. The van der Waals surface area contributed by atoms with Crippen LogP contribution in [-0.4, -0.2) is 23.7 Å². The molecule has 32 heavy (non-hydrogen) atoms. The van der Waals surface area contributed by atoms with Gasteiger partial charge in [0.25, 0.3) is 0 Å². The molecule has 0 spiro atoms. The van der Waals surface area contributed by atoms with Crippen LogP contribution in [-0.2, 0) is 17.4 Å². The zero-order valence-electron chi connectivity index (χ0n) is 16.7. The molecule has 3 rings (SSSR count). The summed E-state index contributed by atoms with van der Waals surface area (Å²) in [5.41, 5.74) is 3.17. The molecule has 11 heteroatoms. The number of nitrogens with zero attached hydrogens (tertiary/aromatic N) is 2. The average molecular weight is 527 g/mol. The first kappa shape index (κ1) is 23.7. The van der Waals surface area contributed by atoms with E-state index in [-0.39, 0.29) is 18.0 Å². The number of anilines is 2. The lowest BCUT2D eigenvalue weighted by Crippen LogP contribution is -2.19. The maximum atomic E-state index is 12.8. The summed E-state index contributed by atoms with van der Waals surface area (Å²) in [6.07, 6.45) is -2.95. The minimum absolute atomic E-state index is 0.0227. The highest BCUT2D eigenvalue weighted by Gasteiger charge is 2.30. The first-order valence-corrected chi connectivity index (χ1v) is 11.0. The van der Waals surface area contributed by atoms with Crippen molar-refractivity contribution in [2.24, 2.45) is 5.10 Å². The Bertz CT molecular complexity index is 1120. The van der Waals surface area contributed by atoms with Gasteiger partial charge in [-0.25, -0.2) is 10.4 Å². The second-order valence-electron chi connectivity index (χ2n) is 6.44. The van der Waals surface area contributed by atoms with Gasteiger partial charge in [-0.05, 0) is 64.8 Å². The fourth-order valence-electron chi connectivity index (χ4n) is 2.60. The summed E-state index contributed by atoms with van der Waals surface area (Å²) in [5.74, 6) is 0.342. The topological polar surface area (TPSA) is 75.6 Å². The Balaban J connectivity index is 1.54. The molecule has 0 saturated heterocycles. The lowest BCUT2D eigenvalue weighted by atomic mass is 10.2. The monoisotopic (exact) mass is 526 g/mol. The van der Waals surface area contributed by atoms with Crippen LogP contribution in [0.1, 0.15) is 23.7 Å². The van der Waals surface area contributed by atoms with E-state index in [9.17, 15) is 18.0 Å². The lowest BCUT2D eigenvalue weighted by molar-refractivity contribution is -0.137. The van der Waals surface area contributed by atoms with Crippen molar-refractivity contribution in [3.63, 3.8) is 0 Å². The molecule has 2 aromatic carbocycles. The number of hydrazone groups is 1. The van der Waals surface area contributed by atoms with Crippen LogP contribution >= 0.6 is 27.3 Å². The van der Waals surface area contributed by atoms with E-state index in [1.54, 1.807) is 17.5 Å². The second kappa shape index (κ2) is 10.6. The number of carbonyl (C=O) groups excluding carboxylic acids is 1. The van der Waals surface area contributed by atoms with Crippen LogP contribution in [0.15, 0.2) is 57.4 Å². The van der Waals surface area contributed by atoms with Crippen molar-refractivity contribution in [1.82, 2.24) is 10.4 Å². The summed E-state index contributed by atoms with van der Waals surface area (Å²) in [6, 6.07) is 10.2. The molecule has 0 atom stereocenters. The summed E-state index contributed by atoms with van der Waals surface area (Å²) in [7, 11) is 0. The van der Waals surface area contributed by atoms with Gasteiger partial charge in [-0.2, -0.15) is 18.3 Å². The fraction of sp³-hybridized carbons (Fsp3) is 0.190. The van der Waals surface area contributed by atoms with Gasteiger partial charge in [-0.3, -0.25) is 4.79 Å². The number of nitrogens with one attached hydrogen (secondary N) is 2. The molecule has 1 amide bonds. The number of ether oxygens (including phenoxy) is 1. The minimum atomic E-state index is -4.42. The van der Waals surface area contributed by atoms with Crippen LogP contribution in [0.4, 0.5) is 24.0 Å². The van der Waals surface area contributed by atoms with E-state index in [1.165, 1.54) is 29.7 Å². The van der Waals surface area contributed by atoms with Gasteiger partial charge in [-0.1, -0.05) is 6.07 Å². The van der Waals surface area contributed by atoms with Crippen LogP contribution in [0.3, 0.4) is 0 Å². The zero-order chi connectivity index (χ0) is 23.1. The van der Waals surface area contributed by atoms with Crippen molar-refractivity contribution in [3.8, 4) is 5.75 Å². The predicted octanol–water partition coefficient (Wildman–Crippen LogP) is 5.76. The average Bonchev–Trinajstić information content (AvgIpc) is 3.16. The van der Waals surface area contributed by atoms with Crippen LogP contribution in [0.5, 0.6) is 5.75 Å². The third kappa shape index (κ3) is 6.79. The van der Waals surface area contributed by atoms with Gasteiger partial charge >= 0.3 is 6.18 Å². The van der Waals surface area contributed by atoms with Crippen LogP contribution in [0.2, 0.25) is 0 Å². The quantitative estimate of drug-likeness (QED) is 0.289. The first-order valence-electron chi connectivity index (χ1n) is 9.37. The van der Waals surface area contributed by atoms with Crippen molar-refractivity contribution in [3.05, 3.63) is 69.1 Å². The number of carbonyl (C=O) groups is 1. The Kier molecular flexibility index (Phi) is 7.86. The van der Waals surface area contributed by atoms with E-state index in [1.807, 2.05) is 13.0 Å². The number of hydrogen-bond donors (Lipinski definition) is 2. The molecule has 0 aliphatic carbocycles. The van der Waals surface area contributed by atoms with Gasteiger partial charge in [-0.15, -0.1) is 11.3 Å². The number of hydrogen-bond acceptors (Lipinski definition) is 6. The van der Waals surface area contributed by atoms with Crippen molar-refractivity contribution in [2.75, 3.05) is 11.9 Å². The van der Waals surface area contributed by atoms with Gasteiger partial charge in [0.1, 0.15) is 5.75 Å². The molecule has 1 heterocycles. The number of aromatic nitrogens is 1. The predicted molar refractivity (Wildman–Crippen MR) is 122 cm³/mol. The molecule has 0 radical (unpaired) electrons. The maximum absolute atomic E-state index is 12.8. The number of halogens is 4. The standard InChI is InChI=1S/C21H18BrF3N4O2S/c1-2-31-18-7-6-13(8-17(18)22)11-26-29-19(30)10-16-12-32-20(28-16)27-15-5-3-4-14(9-15)21(23,24)25/h3-9,11-12H,2,10H2,1H3,(H,27,28)(H,29,30)/b26-11-. The van der Waals surface area contributed by atoms with Crippen molar-refractivity contribution >= 4 is 50.2 Å². The number of alkyl halides is 3. The van der Waals surface area contributed by atoms with Crippen molar-refractivity contribution < 1.29 is 22.7 Å². The van der Waals surface area contributed by atoms with Gasteiger partial charge < -0.3 is 10.1 Å². The van der Waals surface area contributed by atoms with Crippen LogP contribution in [0, 0.1) is 0 Å². The van der Waals surface area contributed by atoms with E-state index in [2.05, 4.69) is 36.8 Å². The maximum Gasteiger partial charge on any atom is 0.416 e. The van der Waals surface area contributed by atoms with Gasteiger partial charge in [0, 0.05) is 11.1 Å². The third-order valence-electron chi connectivity index (χ3n) is 3.99. The number of thiazole rings is 1. The molecule has 0 aliphatic heterocycles. The number of amides is 1. The Labute approximate surface area is 194 Å². The summed E-state index contributed by atoms with van der Waals surface area (Å²) < 4.78 is 44.7. The summed E-state index contributed by atoms with van der Waals surface area (Å²) >= 11 is 4.60. The molecule has 0 saturated carbocycles. The Morgan fingerprint density at radius 1 is 1.28 bits per heavy atom. The molecule has 168 valence electrons. The number of rotatable bonds is 8. The first-order chi connectivity index (χ1) is 15.2. The Morgan fingerprint density at radius 3 is 2.81 bits per heavy atom.